The molecule has 0 spiro atoms. The number of hydrogen-bond acceptors (Lipinski definition) is 4. The molecule has 1 saturated heterocycles. The quantitative estimate of drug-likeness (QED) is 0.264. The molecule has 10 heteroatoms. The minimum Gasteiger partial charge on any atom is -0.490 e. The number of alkyl halides is 6. The summed E-state index contributed by atoms with van der Waals surface area (Å²) in [4.78, 5) is 14.1. The zero-order valence-electron chi connectivity index (χ0n) is 22.6. The van der Waals surface area contributed by atoms with Gasteiger partial charge in [-0.05, 0) is 80.9 Å². The largest absolute Gasteiger partial charge is 0.490 e. The number of piperidine rings is 1. The number of halogens is 6. The Hall–Kier alpha value is -2.49. The fourth-order valence-corrected chi connectivity index (χ4v) is 5.45. The predicted molar refractivity (Wildman–Crippen MR) is 137 cm³/mol. The minimum absolute atomic E-state index is 0.00730. The Bertz CT molecular complexity index is 1080. The summed E-state index contributed by atoms with van der Waals surface area (Å²) in [5.41, 5.74) is -0.166. The molecule has 2 aromatic carbocycles. The van der Waals surface area contributed by atoms with E-state index in [1.807, 2.05) is 13.8 Å². The SMILES string of the molecule is CC.CCOC(=O)C1CCN(Cc2cccc3c(C(F)(F)F)c(OC4CCC(C(F)(F)F)CC4)ccc23)CC1. The van der Waals surface area contributed by atoms with Crippen molar-refractivity contribution < 1.29 is 40.6 Å². The molecule has 0 bridgehead atoms. The maximum atomic E-state index is 14.2. The Balaban J connectivity index is 0.00000205. The lowest BCUT2D eigenvalue weighted by atomic mass is 9.87. The summed E-state index contributed by atoms with van der Waals surface area (Å²) in [6.45, 7) is 7.79. The second-order valence-corrected chi connectivity index (χ2v) is 9.88. The summed E-state index contributed by atoms with van der Waals surface area (Å²) >= 11 is 0. The van der Waals surface area contributed by atoms with Gasteiger partial charge in [0.1, 0.15) is 11.3 Å². The Morgan fingerprint density at radius 1 is 0.897 bits per heavy atom. The molecule has 218 valence electrons. The van der Waals surface area contributed by atoms with Crippen molar-refractivity contribution in [1.82, 2.24) is 4.90 Å². The number of rotatable bonds is 6. The van der Waals surface area contributed by atoms with Gasteiger partial charge in [0.25, 0.3) is 0 Å². The van der Waals surface area contributed by atoms with Crippen LogP contribution in [0.3, 0.4) is 0 Å². The molecule has 0 radical (unpaired) electrons. The molecule has 0 unspecified atom stereocenters. The highest BCUT2D eigenvalue weighted by Crippen LogP contribution is 2.44. The van der Waals surface area contributed by atoms with E-state index in [0.29, 0.717) is 44.5 Å². The third kappa shape index (κ3) is 7.80. The summed E-state index contributed by atoms with van der Waals surface area (Å²) in [5.74, 6) is -2.15. The number of likely N-dealkylation sites (tertiary alicyclic amines) is 1. The fourth-order valence-electron chi connectivity index (χ4n) is 5.45. The summed E-state index contributed by atoms with van der Waals surface area (Å²) < 4.78 is 92.4. The van der Waals surface area contributed by atoms with Crippen LogP contribution in [0.15, 0.2) is 30.3 Å². The van der Waals surface area contributed by atoms with Gasteiger partial charge in [0.05, 0.1) is 24.5 Å². The molecule has 4 nitrogen and oxygen atoms in total. The summed E-state index contributed by atoms with van der Waals surface area (Å²) in [6.07, 6.45) is -8.62. The van der Waals surface area contributed by atoms with Gasteiger partial charge < -0.3 is 9.47 Å². The molecule has 1 heterocycles. The van der Waals surface area contributed by atoms with Crippen LogP contribution in [0, 0.1) is 11.8 Å². The van der Waals surface area contributed by atoms with Crippen molar-refractivity contribution in [3.05, 3.63) is 41.5 Å². The number of nitrogens with zero attached hydrogens (tertiary/aromatic N) is 1. The average molecular weight is 562 g/mol. The maximum Gasteiger partial charge on any atom is 0.420 e. The van der Waals surface area contributed by atoms with Crippen molar-refractivity contribution in [2.45, 2.75) is 84.3 Å². The lowest BCUT2D eigenvalue weighted by Gasteiger charge is -2.32. The van der Waals surface area contributed by atoms with Crippen LogP contribution in [-0.2, 0) is 22.3 Å². The summed E-state index contributed by atoms with van der Waals surface area (Å²) in [6, 6.07) is 7.66. The third-order valence-electron chi connectivity index (χ3n) is 7.43. The number of benzene rings is 2. The minimum atomic E-state index is -4.70. The third-order valence-corrected chi connectivity index (χ3v) is 7.43. The van der Waals surface area contributed by atoms with Crippen LogP contribution in [0.1, 0.15) is 70.4 Å². The van der Waals surface area contributed by atoms with E-state index in [2.05, 4.69) is 4.90 Å². The van der Waals surface area contributed by atoms with Gasteiger partial charge in [-0.3, -0.25) is 9.69 Å². The highest BCUT2D eigenvalue weighted by Gasteiger charge is 2.43. The van der Waals surface area contributed by atoms with E-state index < -0.39 is 29.9 Å². The number of carbonyl (C=O) groups is 1. The van der Waals surface area contributed by atoms with E-state index in [4.69, 9.17) is 9.47 Å². The van der Waals surface area contributed by atoms with E-state index in [1.54, 1.807) is 25.1 Å². The predicted octanol–water partition coefficient (Wildman–Crippen LogP) is 8.16. The number of fused-ring (bicyclic) bond motifs is 1. The van der Waals surface area contributed by atoms with Crippen molar-refractivity contribution in [2.75, 3.05) is 19.7 Å². The number of esters is 1. The van der Waals surface area contributed by atoms with Crippen LogP contribution in [0.5, 0.6) is 5.75 Å². The average Bonchev–Trinajstić information content (AvgIpc) is 2.89. The lowest BCUT2D eigenvalue weighted by molar-refractivity contribution is -0.185. The van der Waals surface area contributed by atoms with Crippen molar-refractivity contribution in [1.29, 1.82) is 0 Å². The van der Waals surface area contributed by atoms with Crippen molar-refractivity contribution >= 4 is 16.7 Å². The van der Waals surface area contributed by atoms with Gasteiger partial charge in [-0.2, -0.15) is 26.3 Å². The topological polar surface area (TPSA) is 38.8 Å². The van der Waals surface area contributed by atoms with E-state index >= 15 is 0 Å². The molecule has 2 aromatic rings. The molecule has 39 heavy (non-hydrogen) atoms. The van der Waals surface area contributed by atoms with Crippen molar-refractivity contribution in [3.63, 3.8) is 0 Å². The van der Waals surface area contributed by atoms with Crippen LogP contribution >= 0.6 is 0 Å². The number of carbonyl (C=O) groups excluding carboxylic acids is 1. The first-order chi connectivity index (χ1) is 18.5. The molecule has 1 aliphatic carbocycles. The van der Waals surface area contributed by atoms with Crippen LogP contribution < -0.4 is 4.74 Å². The van der Waals surface area contributed by atoms with Gasteiger partial charge in [-0.25, -0.2) is 0 Å². The van der Waals surface area contributed by atoms with Crippen molar-refractivity contribution in [3.8, 4) is 5.75 Å². The van der Waals surface area contributed by atoms with Gasteiger partial charge in [0.2, 0.25) is 0 Å². The molecule has 0 aromatic heterocycles. The molecule has 2 aliphatic rings. The second-order valence-electron chi connectivity index (χ2n) is 9.88. The van der Waals surface area contributed by atoms with Gasteiger partial charge in [0.15, 0.2) is 0 Å². The molecule has 0 N–H and O–H groups in total. The molecule has 1 saturated carbocycles. The lowest BCUT2D eigenvalue weighted by Crippen LogP contribution is -2.36. The van der Waals surface area contributed by atoms with Crippen LogP contribution in [0.4, 0.5) is 26.3 Å². The van der Waals surface area contributed by atoms with E-state index in [1.165, 1.54) is 12.1 Å². The first-order valence-corrected chi connectivity index (χ1v) is 13.7. The Morgan fingerprint density at radius 2 is 1.54 bits per heavy atom. The Morgan fingerprint density at radius 3 is 2.10 bits per heavy atom. The maximum absolute atomic E-state index is 14.2. The van der Waals surface area contributed by atoms with Gasteiger partial charge in [-0.15, -0.1) is 0 Å². The molecular weight excluding hydrogens is 524 g/mol. The molecule has 0 atom stereocenters. The summed E-state index contributed by atoms with van der Waals surface area (Å²) in [7, 11) is 0. The molecule has 2 fully saturated rings. The van der Waals surface area contributed by atoms with Gasteiger partial charge in [-0.1, -0.05) is 38.1 Å². The first-order valence-electron chi connectivity index (χ1n) is 13.7. The fraction of sp³-hybridized carbons (Fsp3) is 0.621. The van der Waals surface area contributed by atoms with Gasteiger partial charge >= 0.3 is 18.3 Å². The molecule has 1 aliphatic heterocycles. The zero-order valence-corrected chi connectivity index (χ0v) is 22.6. The van der Waals surface area contributed by atoms with Crippen LogP contribution in [0.2, 0.25) is 0 Å². The highest BCUT2D eigenvalue weighted by molar-refractivity contribution is 5.91. The molecule has 4 rings (SSSR count). The standard InChI is InChI=1S/C27H31F6NO3.C2H6/c1-2-36-25(35)17-12-14-34(15-13-17)16-18-4-3-5-22-21(18)10-11-23(24(22)27(31,32)33)37-20-8-6-19(7-9-20)26(28,29)30;1-2/h3-5,10-11,17,19-20H,2,6-9,12-16H2,1H3;1-2H3. The Kier molecular flexibility index (Phi) is 10.5. The number of ether oxygens (including phenoxy) is 2. The summed E-state index contributed by atoms with van der Waals surface area (Å²) in [5, 5.41) is 0.461. The van der Waals surface area contributed by atoms with E-state index in [-0.39, 0.29) is 48.7 Å². The normalized spacial score (nSPS) is 21.3. The highest BCUT2D eigenvalue weighted by atomic mass is 19.4. The Labute approximate surface area is 225 Å². The number of hydrogen-bond donors (Lipinski definition) is 0. The van der Waals surface area contributed by atoms with Gasteiger partial charge in [0, 0.05) is 6.54 Å². The second kappa shape index (κ2) is 13.2. The first kappa shape index (κ1) is 31.0. The zero-order chi connectivity index (χ0) is 28.8. The monoisotopic (exact) mass is 561 g/mol. The molecular formula is C29H37F6NO3. The van der Waals surface area contributed by atoms with E-state index in [9.17, 15) is 31.1 Å². The smallest absolute Gasteiger partial charge is 0.420 e. The van der Waals surface area contributed by atoms with Crippen LogP contribution in [0.25, 0.3) is 10.8 Å². The van der Waals surface area contributed by atoms with Crippen LogP contribution in [-0.4, -0.2) is 42.8 Å². The van der Waals surface area contributed by atoms with E-state index in [0.717, 1.165) is 5.56 Å². The molecule has 0 amide bonds. The van der Waals surface area contributed by atoms with Crippen molar-refractivity contribution in [2.24, 2.45) is 11.8 Å².